The minimum Gasteiger partial charge on any atom is -0.341 e. The van der Waals surface area contributed by atoms with Gasteiger partial charge >= 0.3 is 0 Å². The van der Waals surface area contributed by atoms with Crippen LogP contribution in [0, 0.1) is 5.41 Å². The Morgan fingerprint density at radius 1 is 0.606 bits per heavy atom. The number of amides is 4. The second kappa shape index (κ2) is 10.0. The van der Waals surface area contributed by atoms with Gasteiger partial charge in [0.25, 0.3) is 0 Å². The van der Waals surface area contributed by atoms with Crippen LogP contribution in [0.15, 0.2) is 0 Å². The first-order valence-electron chi connectivity index (χ1n) is 12.9. The van der Waals surface area contributed by atoms with Crippen LogP contribution >= 0.6 is 0 Å². The quantitative estimate of drug-likeness (QED) is 0.607. The topological polar surface area (TPSA) is 81.2 Å². The Labute approximate surface area is 197 Å². The van der Waals surface area contributed by atoms with Crippen LogP contribution in [0.3, 0.4) is 0 Å². The lowest BCUT2D eigenvalue weighted by Crippen LogP contribution is -2.49. The summed E-state index contributed by atoms with van der Waals surface area (Å²) in [4.78, 5) is 59.6. The lowest BCUT2D eigenvalue weighted by atomic mass is 9.84. The van der Waals surface area contributed by atoms with Crippen molar-refractivity contribution >= 4 is 23.6 Å². The van der Waals surface area contributed by atoms with Gasteiger partial charge in [-0.15, -0.1) is 0 Å². The summed E-state index contributed by atoms with van der Waals surface area (Å²) in [7, 11) is 0. The van der Waals surface area contributed by atoms with Gasteiger partial charge in [-0.1, -0.05) is 13.8 Å². The van der Waals surface area contributed by atoms with Crippen molar-refractivity contribution in [1.82, 2.24) is 19.6 Å². The fraction of sp³-hybridized carbons (Fsp3) is 0.840. The molecule has 4 fully saturated rings. The van der Waals surface area contributed by atoms with E-state index in [2.05, 4.69) is 0 Å². The molecule has 4 amide bonds. The average Bonchev–Trinajstić information content (AvgIpc) is 3.58. The summed E-state index contributed by atoms with van der Waals surface area (Å²) in [6.07, 6.45) is 7.80. The fourth-order valence-electron chi connectivity index (χ4n) is 6.02. The lowest BCUT2D eigenvalue weighted by molar-refractivity contribution is -0.146. The average molecular weight is 461 g/mol. The van der Waals surface area contributed by atoms with E-state index in [0.717, 1.165) is 77.5 Å². The van der Waals surface area contributed by atoms with Gasteiger partial charge in [0.2, 0.25) is 23.6 Å². The van der Waals surface area contributed by atoms with Crippen molar-refractivity contribution in [2.75, 3.05) is 39.3 Å². The SMILES string of the molecule is CC(C)(CC(=O)N1CCCC1C(=O)N1CCCC1)CC(=O)N1CCC[C@H]1C(=O)N1CCCC1. The first-order valence-corrected chi connectivity index (χ1v) is 12.9. The molecule has 0 aromatic rings. The van der Waals surface area contributed by atoms with E-state index in [1.165, 1.54) is 0 Å². The smallest absolute Gasteiger partial charge is 0.245 e. The van der Waals surface area contributed by atoms with Gasteiger partial charge in [0.05, 0.1) is 0 Å². The molecule has 0 bridgehead atoms. The number of hydrogen-bond donors (Lipinski definition) is 0. The number of carbonyl (C=O) groups is 4. The van der Waals surface area contributed by atoms with E-state index in [4.69, 9.17) is 0 Å². The van der Waals surface area contributed by atoms with Crippen molar-refractivity contribution in [1.29, 1.82) is 0 Å². The number of rotatable bonds is 6. The van der Waals surface area contributed by atoms with Crippen molar-refractivity contribution in [2.45, 2.75) is 90.1 Å². The van der Waals surface area contributed by atoms with Gasteiger partial charge in [0.1, 0.15) is 12.1 Å². The number of nitrogens with zero attached hydrogens (tertiary/aromatic N) is 4. The molecule has 4 heterocycles. The van der Waals surface area contributed by atoms with Gasteiger partial charge in [-0.2, -0.15) is 0 Å². The van der Waals surface area contributed by atoms with E-state index in [-0.39, 0.29) is 48.6 Å². The maximum Gasteiger partial charge on any atom is 0.245 e. The third-order valence-electron chi connectivity index (χ3n) is 7.81. The molecule has 0 N–H and O–H groups in total. The van der Waals surface area contributed by atoms with Crippen LogP contribution in [0.25, 0.3) is 0 Å². The molecule has 8 nitrogen and oxygen atoms in total. The first-order chi connectivity index (χ1) is 15.8. The standard InChI is InChI=1S/C25H40N4O4/c1-25(2,17-21(30)28-15-7-9-19(28)23(32)26-11-3-4-12-26)18-22(31)29-16-8-10-20(29)24(33)27-13-5-6-14-27/h19-20H,3-18H2,1-2H3/t19-,20?/m0/s1. The van der Waals surface area contributed by atoms with Crippen LogP contribution in [0.4, 0.5) is 0 Å². The second-order valence-electron chi connectivity index (χ2n) is 11.1. The van der Waals surface area contributed by atoms with E-state index in [9.17, 15) is 19.2 Å². The Morgan fingerprint density at radius 3 is 1.33 bits per heavy atom. The molecule has 184 valence electrons. The summed E-state index contributed by atoms with van der Waals surface area (Å²) in [6.45, 7) is 8.31. The molecule has 4 aliphatic rings. The third kappa shape index (κ3) is 5.35. The summed E-state index contributed by atoms with van der Waals surface area (Å²) in [5.74, 6) is 0.114. The highest BCUT2D eigenvalue weighted by molar-refractivity contribution is 5.90. The lowest BCUT2D eigenvalue weighted by Gasteiger charge is -2.33. The van der Waals surface area contributed by atoms with Gasteiger partial charge < -0.3 is 19.6 Å². The highest BCUT2D eigenvalue weighted by Crippen LogP contribution is 2.32. The van der Waals surface area contributed by atoms with Gasteiger partial charge in [-0.3, -0.25) is 19.2 Å². The molecule has 0 spiro atoms. The summed E-state index contributed by atoms with van der Waals surface area (Å²) in [6, 6.07) is -0.689. The highest BCUT2D eigenvalue weighted by Gasteiger charge is 2.41. The molecule has 0 saturated carbocycles. The normalized spacial score (nSPS) is 25.9. The van der Waals surface area contributed by atoms with Crippen LogP contribution < -0.4 is 0 Å². The zero-order valence-corrected chi connectivity index (χ0v) is 20.4. The van der Waals surface area contributed by atoms with E-state index >= 15 is 0 Å². The van der Waals surface area contributed by atoms with Crippen molar-refractivity contribution in [2.24, 2.45) is 5.41 Å². The highest BCUT2D eigenvalue weighted by atomic mass is 16.2. The van der Waals surface area contributed by atoms with E-state index < -0.39 is 5.41 Å². The zero-order valence-electron chi connectivity index (χ0n) is 20.4. The molecule has 0 radical (unpaired) electrons. The molecule has 4 saturated heterocycles. The molecule has 4 aliphatic heterocycles. The minimum atomic E-state index is -0.526. The Kier molecular flexibility index (Phi) is 7.29. The summed E-state index contributed by atoms with van der Waals surface area (Å²) >= 11 is 0. The Morgan fingerprint density at radius 2 is 0.970 bits per heavy atom. The second-order valence-corrected chi connectivity index (χ2v) is 11.1. The van der Waals surface area contributed by atoms with Crippen molar-refractivity contribution in [3.63, 3.8) is 0 Å². The molecular formula is C25H40N4O4. The molecule has 2 atom stereocenters. The van der Waals surface area contributed by atoms with Crippen molar-refractivity contribution < 1.29 is 19.2 Å². The van der Waals surface area contributed by atoms with E-state index in [0.29, 0.717) is 13.1 Å². The van der Waals surface area contributed by atoms with E-state index in [1.54, 1.807) is 9.80 Å². The Hall–Kier alpha value is -2.12. The predicted octanol–water partition coefficient (Wildman–Crippen LogP) is 2.02. The third-order valence-corrected chi connectivity index (χ3v) is 7.81. The van der Waals surface area contributed by atoms with Crippen LogP contribution in [-0.2, 0) is 19.2 Å². The predicted molar refractivity (Wildman–Crippen MR) is 124 cm³/mol. The van der Waals surface area contributed by atoms with Crippen LogP contribution in [0.2, 0.25) is 0 Å². The van der Waals surface area contributed by atoms with Crippen LogP contribution in [-0.4, -0.2) is 94.6 Å². The van der Waals surface area contributed by atoms with Crippen molar-refractivity contribution in [3.8, 4) is 0 Å². The summed E-state index contributed by atoms with van der Waals surface area (Å²) in [5.41, 5.74) is -0.526. The largest absolute Gasteiger partial charge is 0.341 e. The maximum atomic E-state index is 13.2. The molecule has 33 heavy (non-hydrogen) atoms. The van der Waals surface area contributed by atoms with Gasteiger partial charge in [0, 0.05) is 52.1 Å². The van der Waals surface area contributed by atoms with Crippen LogP contribution in [0.1, 0.15) is 78.1 Å². The summed E-state index contributed by atoms with van der Waals surface area (Å²) < 4.78 is 0. The monoisotopic (exact) mass is 460 g/mol. The molecule has 0 aromatic heterocycles. The molecular weight excluding hydrogens is 420 g/mol. The number of likely N-dealkylation sites (tertiary alicyclic amines) is 4. The zero-order chi connectivity index (χ0) is 23.6. The Balaban J connectivity index is 1.33. The summed E-state index contributed by atoms with van der Waals surface area (Å²) in [5, 5.41) is 0. The van der Waals surface area contributed by atoms with Gasteiger partial charge in [-0.05, 0) is 56.8 Å². The minimum absolute atomic E-state index is 0.0334. The maximum absolute atomic E-state index is 13.2. The van der Waals surface area contributed by atoms with Crippen LogP contribution in [0.5, 0.6) is 0 Å². The Bertz CT molecular complexity index is 708. The molecule has 0 aliphatic carbocycles. The number of carbonyl (C=O) groups excluding carboxylic acids is 4. The number of hydrogen-bond acceptors (Lipinski definition) is 4. The van der Waals surface area contributed by atoms with Gasteiger partial charge in [-0.25, -0.2) is 0 Å². The molecule has 4 rings (SSSR count). The molecule has 1 unspecified atom stereocenters. The van der Waals surface area contributed by atoms with Gasteiger partial charge in [0.15, 0.2) is 0 Å². The first kappa shape index (κ1) is 24.0. The van der Waals surface area contributed by atoms with Crippen molar-refractivity contribution in [3.05, 3.63) is 0 Å². The fourth-order valence-corrected chi connectivity index (χ4v) is 6.02. The van der Waals surface area contributed by atoms with E-state index in [1.807, 2.05) is 23.6 Å². The molecule has 0 aromatic carbocycles. The molecule has 8 heteroatoms.